The zero-order chi connectivity index (χ0) is 23.5. The number of nitrogens with one attached hydrogen (secondary N) is 2. The molecule has 0 aliphatic heterocycles. The summed E-state index contributed by atoms with van der Waals surface area (Å²) < 4.78 is 0. The van der Waals surface area contributed by atoms with Gasteiger partial charge in [-0.3, -0.25) is 29.3 Å². The fourth-order valence-electron chi connectivity index (χ4n) is 2.87. The Labute approximate surface area is 189 Å². The van der Waals surface area contributed by atoms with E-state index in [0.29, 0.717) is 28.1 Å². The first-order valence-electron chi connectivity index (χ1n) is 9.74. The highest BCUT2D eigenvalue weighted by Crippen LogP contribution is 2.23. The molecule has 0 saturated carbocycles. The van der Waals surface area contributed by atoms with E-state index in [0.717, 1.165) is 5.56 Å². The van der Waals surface area contributed by atoms with Gasteiger partial charge in [0.25, 0.3) is 11.8 Å². The number of aromatic nitrogens is 3. The van der Waals surface area contributed by atoms with Crippen molar-refractivity contribution in [1.29, 1.82) is 0 Å². The van der Waals surface area contributed by atoms with E-state index >= 15 is 0 Å². The molecule has 4 rings (SSSR count). The molecule has 0 radical (unpaired) electrons. The van der Waals surface area contributed by atoms with Crippen LogP contribution in [0, 0.1) is 0 Å². The van der Waals surface area contributed by atoms with E-state index in [1.807, 2.05) is 6.07 Å². The highest BCUT2D eigenvalue weighted by molar-refractivity contribution is 6.09. The lowest BCUT2D eigenvalue weighted by Crippen LogP contribution is -2.16. The summed E-state index contributed by atoms with van der Waals surface area (Å²) in [5.74, 6) is -0.687. The summed E-state index contributed by atoms with van der Waals surface area (Å²) in [6.45, 7) is 0. The number of primary amides is 1. The van der Waals surface area contributed by atoms with Crippen LogP contribution in [0.15, 0.2) is 91.8 Å². The van der Waals surface area contributed by atoms with Gasteiger partial charge in [0, 0.05) is 41.5 Å². The van der Waals surface area contributed by atoms with E-state index in [9.17, 15) is 9.59 Å². The summed E-state index contributed by atoms with van der Waals surface area (Å²) in [6, 6.07) is 15.6. The third kappa shape index (κ3) is 6.53. The number of hydrogen-bond acceptors (Lipinski definition) is 6. The van der Waals surface area contributed by atoms with Gasteiger partial charge >= 0.3 is 0 Å². The van der Waals surface area contributed by atoms with Crippen LogP contribution in [0.5, 0.6) is 0 Å². The fourth-order valence-corrected chi connectivity index (χ4v) is 2.87. The lowest BCUT2D eigenvalue weighted by atomic mass is 10.00. The molecule has 4 aromatic rings. The number of hydrogen-bond donors (Lipinski definition) is 3. The second kappa shape index (κ2) is 11.5. The van der Waals surface area contributed by atoms with Gasteiger partial charge < -0.3 is 16.4 Å². The molecule has 3 amide bonds. The Balaban J connectivity index is 0.000000968. The standard InChI is InChI=1S/C23H17N5O2.CH3NO/c29-22(27-20-5-2-8-25-14-20)18-10-17(16-4-1-7-24-13-16)11-19(12-18)23(30)28-21-6-3-9-26-15-21;2-1-3/h1-15H,(H,27,29)(H,28,30);1H,(H2,2,3). The van der Waals surface area contributed by atoms with Crippen molar-refractivity contribution in [3.8, 4) is 11.1 Å². The maximum Gasteiger partial charge on any atom is 0.255 e. The van der Waals surface area contributed by atoms with Crippen LogP contribution in [0.4, 0.5) is 11.4 Å². The molecule has 0 atom stereocenters. The molecule has 1 aromatic carbocycles. The van der Waals surface area contributed by atoms with E-state index in [1.165, 1.54) is 0 Å². The van der Waals surface area contributed by atoms with Crippen molar-refractivity contribution in [2.75, 3.05) is 10.6 Å². The highest BCUT2D eigenvalue weighted by atomic mass is 16.2. The van der Waals surface area contributed by atoms with Crippen molar-refractivity contribution in [2.45, 2.75) is 0 Å². The Kier molecular flexibility index (Phi) is 7.91. The topological polar surface area (TPSA) is 140 Å². The van der Waals surface area contributed by atoms with Crippen LogP contribution in [-0.2, 0) is 4.79 Å². The molecule has 0 aliphatic rings. The zero-order valence-corrected chi connectivity index (χ0v) is 17.4. The summed E-state index contributed by atoms with van der Waals surface area (Å²) in [7, 11) is 0. The third-order valence-corrected chi connectivity index (χ3v) is 4.29. The van der Waals surface area contributed by atoms with Crippen molar-refractivity contribution < 1.29 is 14.4 Å². The number of nitrogens with two attached hydrogens (primary N) is 1. The number of benzene rings is 1. The van der Waals surface area contributed by atoms with Gasteiger partial charge in [0.15, 0.2) is 0 Å². The molecule has 0 fully saturated rings. The lowest BCUT2D eigenvalue weighted by molar-refractivity contribution is -0.106. The van der Waals surface area contributed by atoms with Gasteiger partial charge in [-0.15, -0.1) is 0 Å². The van der Waals surface area contributed by atoms with Crippen LogP contribution in [0.25, 0.3) is 11.1 Å². The second-order valence-corrected chi connectivity index (χ2v) is 6.57. The molecular weight excluding hydrogens is 420 g/mol. The minimum Gasteiger partial charge on any atom is -0.372 e. The van der Waals surface area contributed by atoms with Crippen LogP contribution in [-0.4, -0.2) is 33.2 Å². The summed E-state index contributed by atoms with van der Waals surface area (Å²) in [4.78, 5) is 46.4. The van der Waals surface area contributed by atoms with Crippen molar-refractivity contribution in [3.63, 3.8) is 0 Å². The Morgan fingerprint density at radius 1 is 0.697 bits per heavy atom. The Morgan fingerprint density at radius 2 is 1.15 bits per heavy atom. The second-order valence-electron chi connectivity index (χ2n) is 6.57. The first-order valence-corrected chi connectivity index (χ1v) is 9.74. The van der Waals surface area contributed by atoms with Crippen LogP contribution >= 0.6 is 0 Å². The van der Waals surface area contributed by atoms with Gasteiger partial charge in [-0.1, -0.05) is 6.07 Å². The van der Waals surface area contributed by atoms with Gasteiger partial charge in [0.1, 0.15) is 0 Å². The predicted molar refractivity (Wildman–Crippen MR) is 124 cm³/mol. The summed E-state index contributed by atoms with van der Waals surface area (Å²) in [5.41, 5.74) is 7.49. The summed E-state index contributed by atoms with van der Waals surface area (Å²) in [6.07, 6.45) is 9.95. The van der Waals surface area contributed by atoms with Crippen molar-refractivity contribution in [1.82, 2.24) is 15.0 Å². The molecule has 164 valence electrons. The molecule has 9 heteroatoms. The number of carbonyl (C=O) groups excluding carboxylic acids is 3. The van der Waals surface area contributed by atoms with Crippen molar-refractivity contribution in [2.24, 2.45) is 5.73 Å². The largest absolute Gasteiger partial charge is 0.372 e. The van der Waals surface area contributed by atoms with E-state index < -0.39 is 0 Å². The third-order valence-electron chi connectivity index (χ3n) is 4.29. The van der Waals surface area contributed by atoms with Gasteiger partial charge in [0.05, 0.1) is 23.8 Å². The number of amides is 3. The van der Waals surface area contributed by atoms with Crippen LogP contribution in [0.1, 0.15) is 20.7 Å². The van der Waals surface area contributed by atoms with Gasteiger partial charge in [-0.05, 0) is 54.1 Å². The van der Waals surface area contributed by atoms with Crippen molar-refractivity contribution in [3.05, 3.63) is 103 Å². The monoisotopic (exact) mass is 440 g/mol. The van der Waals surface area contributed by atoms with Crippen LogP contribution < -0.4 is 16.4 Å². The Bertz CT molecular complexity index is 1150. The van der Waals surface area contributed by atoms with Crippen molar-refractivity contribution >= 4 is 29.6 Å². The predicted octanol–water partition coefficient (Wildman–Crippen LogP) is 3.14. The van der Waals surface area contributed by atoms with Gasteiger partial charge in [-0.25, -0.2) is 0 Å². The fraction of sp³-hybridized carbons (Fsp3) is 0. The molecule has 0 saturated heterocycles. The average molecular weight is 440 g/mol. The van der Waals surface area contributed by atoms with E-state index in [2.05, 4.69) is 31.3 Å². The van der Waals surface area contributed by atoms with Crippen LogP contribution in [0.2, 0.25) is 0 Å². The summed E-state index contributed by atoms with van der Waals surface area (Å²) >= 11 is 0. The highest BCUT2D eigenvalue weighted by Gasteiger charge is 2.15. The van der Waals surface area contributed by atoms with Crippen LogP contribution in [0.3, 0.4) is 0 Å². The maximum absolute atomic E-state index is 12.8. The molecule has 0 aliphatic carbocycles. The quantitative estimate of drug-likeness (QED) is 0.407. The molecule has 9 nitrogen and oxygen atoms in total. The summed E-state index contributed by atoms with van der Waals surface area (Å²) in [5, 5.41) is 5.59. The van der Waals surface area contributed by atoms with E-state index in [1.54, 1.807) is 85.7 Å². The molecular formula is C24H20N6O3. The SMILES string of the molecule is NC=O.O=C(Nc1cccnc1)c1cc(C(=O)Nc2cccnc2)cc(-c2cccnc2)c1. The number of nitrogens with zero attached hydrogens (tertiary/aromatic N) is 3. The molecule has 4 N–H and O–H groups in total. The normalized spacial score (nSPS) is 9.70. The number of carbonyl (C=O) groups is 3. The Hall–Kier alpha value is -4.92. The Morgan fingerprint density at radius 3 is 1.55 bits per heavy atom. The molecule has 3 aromatic heterocycles. The number of rotatable bonds is 5. The molecule has 0 bridgehead atoms. The first-order chi connectivity index (χ1) is 16.1. The smallest absolute Gasteiger partial charge is 0.255 e. The number of pyridine rings is 3. The lowest BCUT2D eigenvalue weighted by Gasteiger charge is -2.11. The minimum atomic E-state index is -0.343. The minimum absolute atomic E-state index is 0.250. The first kappa shape index (κ1) is 22.8. The van der Waals surface area contributed by atoms with Gasteiger partial charge in [-0.2, -0.15) is 0 Å². The zero-order valence-electron chi connectivity index (χ0n) is 17.4. The van der Waals surface area contributed by atoms with E-state index in [4.69, 9.17) is 4.79 Å². The average Bonchev–Trinajstić information content (AvgIpc) is 2.86. The maximum atomic E-state index is 12.8. The van der Waals surface area contributed by atoms with E-state index in [-0.39, 0.29) is 18.2 Å². The molecule has 33 heavy (non-hydrogen) atoms. The van der Waals surface area contributed by atoms with Gasteiger partial charge in [0.2, 0.25) is 6.41 Å². The molecule has 0 unspecified atom stereocenters. The molecule has 3 heterocycles. The number of anilines is 2. The molecule has 0 spiro atoms.